The quantitative estimate of drug-likeness (QED) is 0.358. The van der Waals surface area contributed by atoms with Crippen LogP contribution in [0.4, 0.5) is 5.69 Å². The van der Waals surface area contributed by atoms with Gasteiger partial charge in [0.05, 0.1) is 36.5 Å². The number of hydrogen-bond acceptors (Lipinski definition) is 9. The number of aromatic nitrogens is 3. The fraction of sp³-hybridized carbons (Fsp3) is 0.0952. The van der Waals surface area contributed by atoms with Crippen LogP contribution in [-0.4, -0.2) is 39.2 Å². The van der Waals surface area contributed by atoms with Crippen LogP contribution in [0.15, 0.2) is 69.4 Å². The molecule has 1 N–H and O–H groups in total. The van der Waals surface area contributed by atoms with Crippen LogP contribution in [0.3, 0.4) is 0 Å². The van der Waals surface area contributed by atoms with Gasteiger partial charge in [0, 0.05) is 16.7 Å². The number of fused-ring (bicyclic) bond motifs is 1. The molecule has 154 valence electrons. The third kappa shape index (κ3) is 3.92. The van der Waals surface area contributed by atoms with Crippen molar-refractivity contribution >= 4 is 29.1 Å². The van der Waals surface area contributed by atoms with Gasteiger partial charge in [-0.3, -0.25) is 9.59 Å². The first-order chi connectivity index (χ1) is 15.2. The van der Waals surface area contributed by atoms with Crippen molar-refractivity contribution in [1.29, 1.82) is 0 Å². The van der Waals surface area contributed by atoms with E-state index < -0.39 is 0 Å². The summed E-state index contributed by atoms with van der Waals surface area (Å²) in [5, 5.41) is 11.5. The number of carbonyl (C=O) groups is 2. The van der Waals surface area contributed by atoms with E-state index in [0.717, 1.165) is 11.1 Å². The number of thioether (sulfide) groups is 1. The Labute approximate surface area is 179 Å². The minimum Gasteiger partial charge on any atom is -0.482 e. The normalized spacial score (nSPS) is 12.7. The zero-order chi connectivity index (χ0) is 21.2. The van der Waals surface area contributed by atoms with Crippen molar-refractivity contribution < 1.29 is 23.2 Å². The molecule has 0 bridgehead atoms. The van der Waals surface area contributed by atoms with Gasteiger partial charge in [-0.15, -0.1) is 10.2 Å². The van der Waals surface area contributed by atoms with Gasteiger partial charge in [0.15, 0.2) is 12.4 Å². The lowest BCUT2D eigenvalue weighted by molar-refractivity contribution is -0.118. The van der Waals surface area contributed by atoms with E-state index in [4.69, 9.17) is 13.6 Å². The van der Waals surface area contributed by atoms with Gasteiger partial charge >= 0.3 is 0 Å². The number of anilines is 1. The van der Waals surface area contributed by atoms with E-state index in [-0.39, 0.29) is 24.1 Å². The summed E-state index contributed by atoms with van der Waals surface area (Å²) in [7, 11) is 0. The fourth-order valence-electron chi connectivity index (χ4n) is 3.04. The van der Waals surface area contributed by atoms with Crippen LogP contribution >= 0.6 is 11.8 Å². The highest BCUT2D eigenvalue weighted by atomic mass is 32.2. The van der Waals surface area contributed by atoms with E-state index in [2.05, 4.69) is 20.5 Å². The molecule has 0 fully saturated rings. The summed E-state index contributed by atoms with van der Waals surface area (Å²) in [6, 6.07) is 8.48. The van der Waals surface area contributed by atoms with Crippen LogP contribution in [0.1, 0.15) is 10.4 Å². The maximum Gasteiger partial charge on any atom is 0.262 e. The van der Waals surface area contributed by atoms with E-state index in [1.165, 1.54) is 11.8 Å². The molecule has 5 rings (SSSR count). The smallest absolute Gasteiger partial charge is 0.262 e. The third-order valence-corrected chi connectivity index (χ3v) is 5.36. The lowest BCUT2D eigenvalue weighted by Crippen LogP contribution is -2.25. The summed E-state index contributed by atoms with van der Waals surface area (Å²) in [4.78, 5) is 28.7. The Morgan fingerprint density at radius 3 is 2.55 bits per heavy atom. The second kappa shape index (κ2) is 8.07. The van der Waals surface area contributed by atoms with E-state index in [1.807, 2.05) is 0 Å². The van der Waals surface area contributed by atoms with Crippen molar-refractivity contribution in [3.63, 3.8) is 0 Å². The number of rotatable bonds is 6. The molecule has 0 unspecified atom stereocenters. The molecular weight excluding hydrogens is 420 g/mol. The minimum absolute atomic E-state index is 0.0334. The number of ether oxygens (including phenoxy) is 1. The lowest BCUT2D eigenvalue weighted by atomic mass is 10.1. The number of benzene rings is 1. The van der Waals surface area contributed by atoms with Gasteiger partial charge in [-0.1, -0.05) is 11.8 Å². The maximum atomic E-state index is 12.7. The number of amides is 1. The average molecular weight is 434 g/mol. The minimum atomic E-state index is -0.254. The number of furan rings is 2. The Kier molecular flexibility index (Phi) is 4.97. The van der Waals surface area contributed by atoms with E-state index in [1.54, 1.807) is 55.4 Å². The Morgan fingerprint density at radius 1 is 1.03 bits per heavy atom. The van der Waals surface area contributed by atoms with Gasteiger partial charge in [-0.05, 0) is 30.3 Å². The average Bonchev–Trinajstić information content (AvgIpc) is 3.51. The molecule has 1 aliphatic heterocycles. The van der Waals surface area contributed by atoms with E-state index in [9.17, 15) is 9.59 Å². The maximum absolute atomic E-state index is 12.7. The second-order valence-electron chi connectivity index (χ2n) is 6.58. The summed E-state index contributed by atoms with van der Waals surface area (Å²) >= 11 is 1.17. The molecular formula is C21H14N4O5S. The second-order valence-corrected chi connectivity index (χ2v) is 7.52. The number of nitrogens with one attached hydrogen (secondary N) is 1. The van der Waals surface area contributed by atoms with Crippen molar-refractivity contribution in [3.8, 4) is 28.3 Å². The molecule has 1 aliphatic rings. The molecule has 1 aromatic carbocycles. The summed E-state index contributed by atoms with van der Waals surface area (Å²) in [5.41, 5.74) is 3.55. The van der Waals surface area contributed by atoms with Gasteiger partial charge < -0.3 is 18.9 Å². The van der Waals surface area contributed by atoms with Crippen molar-refractivity contribution in [2.75, 3.05) is 17.7 Å². The molecule has 0 aliphatic carbocycles. The molecule has 0 radical (unpaired) electrons. The zero-order valence-electron chi connectivity index (χ0n) is 15.9. The monoisotopic (exact) mass is 434 g/mol. The SMILES string of the molecule is O=C1COc2ccc(C(=O)CSc3nnc(-c4ccoc4)c(-c4ccoc4)n3)cc2N1. The molecule has 0 saturated carbocycles. The van der Waals surface area contributed by atoms with Gasteiger partial charge in [0.1, 0.15) is 17.1 Å². The highest BCUT2D eigenvalue weighted by Gasteiger charge is 2.19. The molecule has 4 aromatic rings. The predicted octanol–water partition coefficient (Wildman–Crippen LogP) is 3.70. The molecule has 31 heavy (non-hydrogen) atoms. The zero-order valence-corrected chi connectivity index (χ0v) is 16.7. The number of ketones is 1. The van der Waals surface area contributed by atoms with Crippen molar-refractivity contribution in [1.82, 2.24) is 15.2 Å². The number of nitrogens with zero attached hydrogens (tertiary/aromatic N) is 3. The Morgan fingerprint density at radius 2 is 1.81 bits per heavy atom. The summed E-state index contributed by atoms with van der Waals surface area (Å²) in [5.74, 6) is 0.247. The van der Waals surface area contributed by atoms with Crippen molar-refractivity contribution in [3.05, 3.63) is 60.9 Å². The molecule has 0 saturated heterocycles. The largest absolute Gasteiger partial charge is 0.482 e. The lowest BCUT2D eigenvalue weighted by Gasteiger charge is -2.18. The Hall–Kier alpha value is -3.92. The Bertz CT molecular complexity index is 1260. The number of hydrogen-bond donors (Lipinski definition) is 1. The van der Waals surface area contributed by atoms with Crippen LogP contribution in [0, 0.1) is 0 Å². The van der Waals surface area contributed by atoms with Gasteiger partial charge in [0.2, 0.25) is 5.16 Å². The Balaban J connectivity index is 1.36. The van der Waals surface area contributed by atoms with Crippen LogP contribution in [-0.2, 0) is 4.79 Å². The molecule has 1 amide bonds. The van der Waals surface area contributed by atoms with Crippen LogP contribution in [0.25, 0.3) is 22.5 Å². The summed E-state index contributed by atoms with van der Waals surface area (Å²) < 4.78 is 15.6. The van der Waals surface area contributed by atoms with E-state index in [0.29, 0.717) is 33.5 Å². The molecule has 3 aromatic heterocycles. The van der Waals surface area contributed by atoms with Crippen LogP contribution in [0.2, 0.25) is 0 Å². The van der Waals surface area contributed by atoms with Crippen LogP contribution in [0.5, 0.6) is 5.75 Å². The number of Topliss-reactive ketones (excluding diaryl/α,β-unsaturated/α-hetero) is 1. The third-order valence-electron chi connectivity index (χ3n) is 4.52. The highest BCUT2D eigenvalue weighted by molar-refractivity contribution is 7.99. The van der Waals surface area contributed by atoms with Gasteiger partial charge in [-0.2, -0.15) is 0 Å². The number of carbonyl (C=O) groups excluding carboxylic acids is 2. The highest BCUT2D eigenvalue weighted by Crippen LogP contribution is 2.31. The topological polar surface area (TPSA) is 120 Å². The van der Waals surface area contributed by atoms with Crippen molar-refractivity contribution in [2.24, 2.45) is 0 Å². The molecule has 10 heteroatoms. The first kappa shape index (κ1) is 19.1. The molecule has 4 heterocycles. The fourth-order valence-corrected chi connectivity index (χ4v) is 3.72. The van der Waals surface area contributed by atoms with Gasteiger partial charge in [0.25, 0.3) is 5.91 Å². The predicted molar refractivity (Wildman–Crippen MR) is 111 cm³/mol. The first-order valence-electron chi connectivity index (χ1n) is 9.20. The van der Waals surface area contributed by atoms with E-state index >= 15 is 0 Å². The van der Waals surface area contributed by atoms with Crippen molar-refractivity contribution in [2.45, 2.75) is 5.16 Å². The van der Waals surface area contributed by atoms with Crippen LogP contribution < -0.4 is 10.1 Å². The standard InChI is InChI=1S/C21H14N4O5S/c26-16(12-1-2-17-15(7-12)22-18(27)10-30-17)11-31-21-23-19(13-3-5-28-8-13)20(24-25-21)14-4-6-29-9-14/h1-9H,10-11H2,(H,22,27). The molecule has 0 spiro atoms. The van der Waals surface area contributed by atoms with Gasteiger partial charge in [-0.25, -0.2) is 4.98 Å². The summed E-state index contributed by atoms with van der Waals surface area (Å²) in [6.07, 6.45) is 6.22. The molecule has 0 atom stereocenters. The molecule has 9 nitrogen and oxygen atoms in total. The first-order valence-corrected chi connectivity index (χ1v) is 10.2. The summed E-state index contributed by atoms with van der Waals surface area (Å²) in [6.45, 7) is -0.0334.